The first-order chi connectivity index (χ1) is 14.3. The Kier molecular flexibility index (Phi) is 6.45. The van der Waals surface area contributed by atoms with E-state index in [0.29, 0.717) is 45.6 Å². The van der Waals surface area contributed by atoms with Gasteiger partial charge in [0.2, 0.25) is 0 Å². The third-order valence-corrected chi connectivity index (χ3v) is 5.10. The Balaban J connectivity index is 1.89. The van der Waals surface area contributed by atoms with E-state index in [9.17, 15) is 18.0 Å². The summed E-state index contributed by atoms with van der Waals surface area (Å²) in [6.45, 7) is 2.79. The summed E-state index contributed by atoms with van der Waals surface area (Å²) < 4.78 is 47.7. The van der Waals surface area contributed by atoms with Crippen molar-refractivity contribution >= 4 is 5.97 Å². The molecule has 3 aromatic carbocycles. The number of carbonyl (C=O) groups is 1. The zero-order chi connectivity index (χ0) is 21.8. The average molecular weight is 414 g/mol. The van der Waals surface area contributed by atoms with Gasteiger partial charge in [-0.05, 0) is 90.4 Å². The van der Waals surface area contributed by atoms with E-state index in [1.165, 1.54) is 30.3 Å². The number of benzene rings is 3. The van der Waals surface area contributed by atoms with Crippen molar-refractivity contribution in [1.29, 1.82) is 0 Å². The van der Waals surface area contributed by atoms with Crippen molar-refractivity contribution in [3.05, 3.63) is 88.2 Å². The molecule has 0 unspecified atom stereocenters. The molecule has 6 heteroatoms. The van der Waals surface area contributed by atoms with Crippen LogP contribution in [0.5, 0.6) is 5.75 Å². The van der Waals surface area contributed by atoms with Crippen LogP contribution in [0, 0.1) is 31.3 Å². The maximum absolute atomic E-state index is 14.5. The van der Waals surface area contributed by atoms with E-state index < -0.39 is 30.0 Å². The molecule has 3 rings (SSSR count). The molecule has 0 amide bonds. The second-order valence-corrected chi connectivity index (χ2v) is 7.08. The second kappa shape index (κ2) is 9.03. The lowest BCUT2D eigenvalue weighted by Crippen LogP contribution is -2.11. The van der Waals surface area contributed by atoms with E-state index >= 15 is 0 Å². The van der Waals surface area contributed by atoms with E-state index in [-0.39, 0.29) is 6.42 Å². The minimum atomic E-state index is -1.12. The topological polar surface area (TPSA) is 46.5 Å². The lowest BCUT2D eigenvalue weighted by molar-refractivity contribution is -0.139. The summed E-state index contributed by atoms with van der Waals surface area (Å²) >= 11 is 0. The molecule has 0 aliphatic rings. The molecular formula is C24H21F3O3. The summed E-state index contributed by atoms with van der Waals surface area (Å²) in [5.41, 5.74) is 3.13. The number of hydrogen-bond donors (Lipinski definition) is 1. The smallest absolute Gasteiger partial charge is 0.341 e. The lowest BCUT2D eigenvalue weighted by atomic mass is 9.93. The van der Waals surface area contributed by atoms with Gasteiger partial charge in [-0.2, -0.15) is 0 Å². The molecule has 0 heterocycles. The number of aliphatic carboxylic acids is 1. The van der Waals surface area contributed by atoms with Gasteiger partial charge in [0.25, 0.3) is 0 Å². The van der Waals surface area contributed by atoms with E-state index in [2.05, 4.69) is 0 Å². The molecule has 0 saturated heterocycles. The Morgan fingerprint density at radius 2 is 1.67 bits per heavy atom. The molecule has 1 N–H and O–H groups in total. The molecule has 156 valence electrons. The predicted octanol–water partition coefficient (Wildman–Crippen LogP) is 5.64. The number of carboxylic acids is 1. The minimum Gasteiger partial charge on any atom is -0.482 e. The Bertz CT molecular complexity index is 1090. The molecule has 0 radical (unpaired) electrons. The minimum absolute atomic E-state index is 0.273. The molecule has 0 aromatic heterocycles. The van der Waals surface area contributed by atoms with Crippen molar-refractivity contribution in [3.63, 3.8) is 0 Å². The van der Waals surface area contributed by atoms with E-state index in [0.717, 1.165) is 0 Å². The number of carboxylic acid groups (broad SMARTS) is 1. The van der Waals surface area contributed by atoms with Crippen molar-refractivity contribution in [3.8, 4) is 16.9 Å². The monoisotopic (exact) mass is 414 g/mol. The van der Waals surface area contributed by atoms with E-state index in [1.54, 1.807) is 32.0 Å². The highest BCUT2D eigenvalue weighted by atomic mass is 19.1. The van der Waals surface area contributed by atoms with Crippen LogP contribution in [0.3, 0.4) is 0 Å². The Hall–Kier alpha value is -3.28. The van der Waals surface area contributed by atoms with Gasteiger partial charge in [-0.3, -0.25) is 0 Å². The van der Waals surface area contributed by atoms with Crippen LogP contribution in [-0.4, -0.2) is 17.7 Å². The molecule has 0 aliphatic heterocycles. The lowest BCUT2D eigenvalue weighted by Gasteiger charge is -2.15. The first-order valence-electron chi connectivity index (χ1n) is 9.43. The Morgan fingerprint density at radius 1 is 0.900 bits per heavy atom. The number of rotatable bonds is 7. The van der Waals surface area contributed by atoms with Crippen molar-refractivity contribution in [2.45, 2.75) is 26.7 Å². The van der Waals surface area contributed by atoms with Gasteiger partial charge in [-0.25, -0.2) is 18.0 Å². The van der Waals surface area contributed by atoms with E-state index in [1.807, 2.05) is 0 Å². The molecular weight excluding hydrogens is 393 g/mol. The fourth-order valence-electron chi connectivity index (χ4n) is 3.39. The molecule has 0 fully saturated rings. The standard InChI is InChI=1S/C24H21F3O3/c1-14-16(10-18(12-22(14)27)17-4-3-5-19(25)11-17)6-7-20-15(2)23(9-8-21(20)26)30-13-24(28)29/h3-5,8-12H,6-7,13H2,1-2H3,(H,28,29). The van der Waals surface area contributed by atoms with Crippen LogP contribution in [0.1, 0.15) is 22.3 Å². The first-order valence-corrected chi connectivity index (χ1v) is 9.43. The SMILES string of the molecule is Cc1c(F)cc(-c2cccc(F)c2)cc1CCc1c(F)ccc(OCC(=O)O)c1C. The molecule has 0 spiro atoms. The summed E-state index contributed by atoms with van der Waals surface area (Å²) in [5.74, 6) is -2.09. The van der Waals surface area contributed by atoms with Crippen LogP contribution in [0.15, 0.2) is 48.5 Å². The normalized spacial score (nSPS) is 10.8. The summed E-state index contributed by atoms with van der Waals surface area (Å²) in [6.07, 6.45) is 0.626. The Morgan fingerprint density at radius 3 is 2.37 bits per heavy atom. The molecule has 3 aromatic rings. The van der Waals surface area contributed by atoms with Crippen molar-refractivity contribution in [1.82, 2.24) is 0 Å². The largest absolute Gasteiger partial charge is 0.482 e. The first kappa shape index (κ1) is 21.4. The van der Waals surface area contributed by atoms with Gasteiger partial charge >= 0.3 is 5.97 Å². The fourth-order valence-corrected chi connectivity index (χ4v) is 3.39. The zero-order valence-corrected chi connectivity index (χ0v) is 16.6. The quantitative estimate of drug-likeness (QED) is 0.545. The number of halogens is 3. The van der Waals surface area contributed by atoms with Gasteiger partial charge < -0.3 is 9.84 Å². The summed E-state index contributed by atoms with van der Waals surface area (Å²) in [4.78, 5) is 10.7. The van der Waals surface area contributed by atoms with Gasteiger partial charge in [0.05, 0.1) is 0 Å². The second-order valence-electron chi connectivity index (χ2n) is 7.08. The molecule has 0 bridgehead atoms. The zero-order valence-electron chi connectivity index (χ0n) is 16.6. The molecule has 30 heavy (non-hydrogen) atoms. The highest BCUT2D eigenvalue weighted by molar-refractivity contribution is 5.68. The van der Waals surface area contributed by atoms with Crippen LogP contribution in [0.25, 0.3) is 11.1 Å². The van der Waals surface area contributed by atoms with Crippen LogP contribution < -0.4 is 4.74 Å². The highest BCUT2D eigenvalue weighted by Crippen LogP contribution is 2.29. The fraction of sp³-hybridized carbons (Fsp3) is 0.208. The third kappa shape index (κ3) is 4.82. The third-order valence-electron chi connectivity index (χ3n) is 5.10. The number of hydrogen-bond acceptors (Lipinski definition) is 2. The molecule has 3 nitrogen and oxygen atoms in total. The van der Waals surface area contributed by atoms with Gasteiger partial charge in [0, 0.05) is 0 Å². The van der Waals surface area contributed by atoms with Crippen LogP contribution >= 0.6 is 0 Å². The van der Waals surface area contributed by atoms with Crippen molar-refractivity contribution in [2.75, 3.05) is 6.61 Å². The van der Waals surface area contributed by atoms with Gasteiger partial charge in [-0.15, -0.1) is 0 Å². The predicted molar refractivity (Wildman–Crippen MR) is 108 cm³/mol. The highest BCUT2D eigenvalue weighted by Gasteiger charge is 2.15. The molecule has 0 atom stereocenters. The molecule has 0 saturated carbocycles. The number of aryl methyl sites for hydroxylation is 1. The van der Waals surface area contributed by atoms with Crippen molar-refractivity contribution in [2.24, 2.45) is 0 Å². The van der Waals surface area contributed by atoms with Crippen LogP contribution in [0.2, 0.25) is 0 Å². The van der Waals surface area contributed by atoms with Gasteiger partial charge in [0.1, 0.15) is 23.2 Å². The summed E-state index contributed by atoms with van der Waals surface area (Å²) in [7, 11) is 0. The maximum Gasteiger partial charge on any atom is 0.341 e. The Labute approximate surface area is 172 Å². The van der Waals surface area contributed by atoms with Crippen LogP contribution in [0.4, 0.5) is 13.2 Å². The van der Waals surface area contributed by atoms with Crippen molar-refractivity contribution < 1.29 is 27.8 Å². The maximum atomic E-state index is 14.5. The van der Waals surface area contributed by atoms with Gasteiger partial charge in [0.15, 0.2) is 6.61 Å². The van der Waals surface area contributed by atoms with Gasteiger partial charge in [-0.1, -0.05) is 18.2 Å². The average Bonchev–Trinajstić information content (AvgIpc) is 2.70. The molecule has 0 aliphatic carbocycles. The van der Waals surface area contributed by atoms with E-state index in [4.69, 9.17) is 9.84 Å². The van der Waals surface area contributed by atoms with Crippen LogP contribution in [-0.2, 0) is 17.6 Å². The number of ether oxygens (including phenoxy) is 1. The summed E-state index contributed by atoms with van der Waals surface area (Å²) in [6, 6.07) is 11.7. The summed E-state index contributed by atoms with van der Waals surface area (Å²) in [5, 5.41) is 8.78.